The Kier molecular flexibility index (Phi) is 5.27. The van der Waals surface area contributed by atoms with Gasteiger partial charge in [0.05, 0.1) is 5.60 Å². The molecule has 0 spiro atoms. The van der Waals surface area contributed by atoms with E-state index in [1.54, 1.807) is 6.07 Å². The monoisotopic (exact) mass is 347 g/mol. The lowest BCUT2D eigenvalue weighted by atomic mass is 10.0. The molecular formula is C19H26FN3O2. The van der Waals surface area contributed by atoms with E-state index in [4.69, 9.17) is 9.15 Å². The Hall–Kier alpha value is -2.08. The second-order valence-corrected chi connectivity index (χ2v) is 6.74. The number of rotatable bonds is 5. The van der Waals surface area contributed by atoms with Crippen LogP contribution in [0.15, 0.2) is 27.6 Å². The average Bonchev–Trinajstić information content (AvgIpc) is 3.15. The van der Waals surface area contributed by atoms with Gasteiger partial charge in [0.1, 0.15) is 23.7 Å². The highest BCUT2D eigenvalue weighted by molar-refractivity contribution is 5.82. The maximum Gasteiger partial charge on any atom is 0.191 e. The Labute approximate surface area is 147 Å². The summed E-state index contributed by atoms with van der Waals surface area (Å²) in [5.74, 6) is 1.22. The molecule has 0 radical (unpaired) electrons. The fourth-order valence-electron chi connectivity index (χ4n) is 3.13. The Bertz CT molecular complexity index is 763. The molecule has 2 aromatic rings. The van der Waals surface area contributed by atoms with Crippen molar-refractivity contribution in [1.29, 1.82) is 0 Å². The zero-order valence-corrected chi connectivity index (χ0v) is 15.1. The standard InChI is InChI=1S/C19H26FN3O2/c1-4-21-18(23-12-19(3)8-5-9-24-19)22-11-17-13(2)15-10-14(20)6-7-16(15)25-17/h6-7,10H,4-5,8-9,11-12H2,1-3H3,(H2,21,22,23). The van der Waals surface area contributed by atoms with Gasteiger partial charge in [0.15, 0.2) is 5.96 Å². The van der Waals surface area contributed by atoms with Crippen molar-refractivity contribution in [2.24, 2.45) is 4.99 Å². The van der Waals surface area contributed by atoms with Gasteiger partial charge in [0.25, 0.3) is 0 Å². The van der Waals surface area contributed by atoms with Crippen LogP contribution in [0.25, 0.3) is 11.0 Å². The van der Waals surface area contributed by atoms with Crippen molar-refractivity contribution in [1.82, 2.24) is 10.6 Å². The molecule has 2 N–H and O–H groups in total. The molecule has 1 unspecified atom stereocenters. The third kappa shape index (κ3) is 4.12. The van der Waals surface area contributed by atoms with Gasteiger partial charge in [-0.1, -0.05) is 0 Å². The third-order valence-electron chi connectivity index (χ3n) is 4.65. The van der Waals surface area contributed by atoms with E-state index in [0.717, 1.165) is 48.7 Å². The molecule has 5 nitrogen and oxygen atoms in total. The number of hydrogen-bond donors (Lipinski definition) is 2. The topological polar surface area (TPSA) is 58.8 Å². The predicted molar refractivity (Wildman–Crippen MR) is 97.3 cm³/mol. The highest BCUT2D eigenvalue weighted by atomic mass is 19.1. The Morgan fingerprint density at radius 1 is 1.36 bits per heavy atom. The number of ether oxygens (including phenoxy) is 1. The van der Waals surface area contributed by atoms with Gasteiger partial charge in [0, 0.05) is 30.6 Å². The molecule has 0 aliphatic carbocycles. The van der Waals surface area contributed by atoms with Gasteiger partial charge >= 0.3 is 0 Å². The van der Waals surface area contributed by atoms with E-state index in [1.807, 2.05) is 13.8 Å². The number of aryl methyl sites for hydroxylation is 1. The minimum Gasteiger partial charge on any atom is -0.459 e. The summed E-state index contributed by atoms with van der Waals surface area (Å²) in [6, 6.07) is 4.57. The van der Waals surface area contributed by atoms with Crippen LogP contribution < -0.4 is 10.6 Å². The van der Waals surface area contributed by atoms with Crippen LogP contribution in [0, 0.1) is 12.7 Å². The highest BCUT2D eigenvalue weighted by Crippen LogP contribution is 2.26. The number of nitrogens with zero attached hydrogens (tertiary/aromatic N) is 1. The van der Waals surface area contributed by atoms with Crippen LogP contribution in [-0.4, -0.2) is 31.3 Å². The van der Waals surface area contributed by atoms with Crippen molar-refractivity contribution in [3.8, 4) is 0 Å². The van der Waals surface area contributed by atoms with Gasteiger partial charge in [-0.2, -0.15) is 0 Å². The van der Waals surface area contributed by atoms with E-state index in [9.17, 15) is 4.39 Å². The number of guanidine groups is 1. The molecule has 1 aromatic carbocycles. The molecule has 1 aromatic heterocycles. The van der Waals surface area contributed by atoms with Gasteiger partial charge in [0.2, 0.25) is 0 Å². The van der Waals surface area contributed by atoms with Crippen LogP contribution in [0.1, 0.15) is 38.0 Å². The number of nitrogens with one attached hydrogen (secondary N) is 2. The van der Waals surface area contributed by atoms with E-state index < -0.39 is 0 Å². The summed E-state index contributed by atoms with van der Waals surface area (Å²) in [5, 5.41) is 7.39. The minimum atomic E-state index is -0.258. The van der Waals surface area contributed by atoms with E-state index in [1.165, 1.54) is 12.1 Å². The third-order valence-corrected chi connectivity index (χ3v) is 4.65. The lowest BCUT2D eigenvalue weighted by Gasteiger charge is -2.24. The molecule has 0 bridgehead atoms. The van der Waals surface area contributed by atoms with Gasteiger partial charge in [-0.3, -0.25) is 0 Å². The molecule has 1 saturated heterocycles. The molecule has 1 fully saturated rings. The summed E-state index contributed by atoms with van der Waals surface area (Å²) in [4.78, 5) is 4.61. The fourth-order valence-corrected chi connectivity index (χ4v) is 3.13. The summed E-state index contributed by atoms with van der Waals surface area (Å²) in [6.45, 7) is 8.78. The van der Waals surface area contributed by atoms with Crippen molar-refractivity contribution in [3.05, 3.63) is 35.3 Å². The zero-order chi connectivity index (χ0) is 17.9. The van der Waals surface area contributed by atoms with Crippen LogP contribution in [0.2, 0.25) is 0 Å². The van der Waals surface area contributed by atoms with E-state index in [0.29, 0.717) is 18.7 Å². The van der Waals surface area contributed by atoms with Gasteiger partial charge in [-0.05, 0) is 51.8 Å². The quantitative estimate of drug-likeness (QED) is 0.642. The first-order chi connectivity index (χ1) is 12.0. The fraction of sp³-hybridized carbons (Fsp3) is 0.526. The number of aliphatic imine (C=N–C) groups is 1. The molecule has 25 heavy (non-hydrogen) atoms. The molecule has 136 valence electrons. The smallest absolute Gasteiger partial charge is 0.191 e. The molecule has 0 amide bonds. The van der Waals surface area contributed by atoms with Crippen LogP contribution in [0.3, 0.4) is 0 Å². The Morgan fingerprint density at radius 3 is 2.92 bits per heavy atom. The van der Waals surface area contributed by atoms with Crippen LogP contribution in [0.5, 0.6) is 0 Å². The van der Waals surface area contributed by atoms with Gasteiger partial charge in [-0.15, -0.1) is 0 Å². The second kappa shape index (κ2) is 7.44. The summed E-state index contributed by atoms with van der Waals surface area (Å²) < 4.78 is 25.1. The number of fused-ring (bicyclic) bond motifs is 1. The summed E-state index contributed by atoms with van der Waals surface area (Å²) >= 11 is 0. The lowest BCUT2D eigenvalue weighted by molar-refractivity contribution is 0.0243. The maximum absolute atomic E-state index is 13.4. The first-order valence-corrected chi connectivity index (χ1v) is 8.84. The van der Waals surface area contributed by atoms with Crippen LogP contribution >= 0.6 is 0 Å². The molecule has 1 aliphatic rings. The molecule has 1 atom stereocenters. The summed E-state index contributed by atoms with van der Waals surface area (Å²) in [7, 11) is 0. The SMILES string of the molecule is CCNC(=NCc1oc2ccc(F)cc2c1C)NCC1(C)CCCO1. The zero-order valence-electron chi connectivity index (χ0n) is 15.1. The minimum absolute atomic E-state index is 0.136. The number of halogens is 1. The van der Waals surface area contributed by atoms with Crippen molar-refractivity contribution < 1.29 is 13.5 Å². The van der Waals surface area contributed by atoms with Gasteiger partial charge in [-0.25, -0.2) is 9.38 Å². The normalized spacial score (nSPS) is 21.0. The largest absolute Gasteiger partial charge is 0.459 e. The molecule has 3 rings (SSSR count). The van der Waals surface area contributed by atoms with Crippen molar-refractivity contribution in [3.63, 3.8) is 0 Å². The first-order valence-electron chi connectivity index (χ1n) is 8.84. The summed E-state index contributed by atoms with van der Waals surface area (Å²) in [5.41, 5.74) is 1.48. The van der Waals surface area contributed by atoms with E-state index in [2.05, 4.69) is 22.5 Å². The lowest BCUT2D eigenvalue weighted by Crippen LogP contribution is -2.45. The van der Waals surface area contributed by atoms with E-state index in [-0.39, 0.29) is 11.4 Å². The molecule has 1 aliphatic heterocycles. The maximum atomic E-state index is 13.4. The molecular weight excluding hydrogens is 321 g/mol. The molecule has 2 heterocycles. The Balaban J connectivity index is 1.71. The molecule has 6 heteroatoms. The van der Waals surface area contributed by atoms with Crippen LogP contribution in [-0.2, 0) is 11.3 Å². The van der Waals surface area contributed by atoms with Gasteiger partial charge < -0.3 is 19.8 Å². The van der Waals surface area contributed by atoms with Crippen molar-refractivity contribution in [2.45, 2.75) is 45.8 Å². The second-order valence-electron chi connectivity index (χ2n) is 6.74. The van der Waals surface area contributed by atoms with Crippen molar-refractivity contribution >= 4 is 16.9 Å². The first kappa shape index (κ1) is 17.7. The number of benzene rings is 1. The highest BCUT2D eigenvalue weighted by Gasteiger charge is 2.29. The van der Waals surface area contributed by atoms with E-state index >= 15 is 0 Å². The Morgan fingerprint density at radius 2 is 2.20 bits per heavy atom. The van der Waals surface area contributed by atoms with Crippen LogP contribution in [0.4, 0.5) is 4.39 Å². The average molecular weight is 347 g/mol. The predicted octanol–water partition coefficient (Wildman–Crippen LogP) is 3.50. The summed E-state index contributed by atoms with van der Waals surface area (Å²) in [6.07, 6.45) is 2.15. The molecule has 0 saturated carbocycles. The number of furan rings is 1. The number of hydrogen-bond acceptors (Lipinski definition) is 3. The van der Waals surface area contributed by atoms with Crippen molar-refractivity contribution in [2.75, 3.05) is 19.7 Å².